The topological polar surface area (TPSA) is 28.6 Å². The highest BCUT2D eigenvalue weighted by Crippen LogP contribution is 2.33. The fraction of sp³-hybridized carbons (Fsp3) is 0.522. The Morgan fingerprint density at radius 3 is 2.33 bits per heavy atom. The maximum atomic E-state index is 5.72. The first-order valence-electron chi connectivity index (χ1n) is 10.3. The van der Waals surface area contributed by atoms with Crippen molar-refractivity contribution in [3.05, 3.63) is 66.0 Å². The maximum Gasteiger partial charge on any atom is 0.0483 e. The van der Waals surface area contributed by atoms with E-state index in [1.807, 2.05) is 18.5 Å². The molecule has 2 aliphatic heterocycles. The van der Waals surface area contributed by atoms with Crippen LogP contribution in [0.5, 0.6) is 0 Å². The van der Waals surface area contributed by atoms with E-state index >= 15 is 0 Å². The van der Waals surface area contributed by atoms with Crippen molar-refractivity contribution in [2.24, 2.45) is 0 Å². The van der Waals surface area contributed by atoms with Gasteiger partial charge in [0.2, 0.25) is 0 Å². The van der Waals surface area contributed by atoms with E-state index in [2.05, 4.69) is 51.2 Å². The standard InChI is InChI=1S/C23H31N3O/c1-2-5-22(6-3-1)20-25-13-15-26(16-14-25)23(10-17-27-18-11-23)9-8-21-7-4-12-24-19-21/h1-7,12,19H,8-11,13-18,20H2. The molecule has 4 nitrogen and oxygen atoms in total. The molecule has 1 aromatic carbocycles. The Hall–Kier alpha value is -1.75. The second-order valence-corrected chi connectivity index (χ2v) is 7.95. The van der Waals surface area contributed by atoms with Crippen LogP contribution in [0.25, 0.3) is 0 Å². The molecule has 2 aromatic rings. The van der Waals surface area contributed by atoms with Crippen LogP contribution >= 0.6 is 0 Å². The van der Waals surface area contributed by atoms with Gasteiger partial charge in [0.25, 0.3) is 0 Å². The molecule has 0 saturated carbocycles. The van der Waals surface area contributed by atoms with E-state index in [-0.39, 0.29) is 0 Å². The van der Waals surface area contributed by atoms with E-state index in [0.717, 1.165) is 52.1 Å². The van der Waals surface area contributed by atoms with E-state index in [1.165, 1.54) is 30.6 Å². The van der Waals surface area contributed by atoms with Crippen molar-refractivity contribution in [3.8, 4) is 0 Å². The van der Waals surface area contributed by atoms with Crippen LogP contribution in [0.2, 0.25) is 0 Å². The number of piperazine rings is 1. The molecule has 0 radical (unpaired) electrons. The molecule has 4 rings (SSSR count). The summed E-state index contributed by atoms with van der Waals surface area (Å²) in [6, 6.07) is 15.1. The quantitative estimate of drug-likeness (QED) is 0.785. The molecule has 0 atom stereocenters. The SMILES string of the molecule is c1ccc(CN2CCN(C3(CCc4cccnc4)CCOCC3)CC2)cc1. The van der Waals surface area contributed by atoms with Crippen LogP contribution in [0, 0.1) is 0 Å². The fourth-order valence-corrected chi connectivity index (χ4v) is 4.62. The molecule has 1 aromatic heterocycles. The minimum absolute atomic E-state index is 0.299. The van der Waals surface area contributed by atoms with E-state index in [0.29, 0.717) is 5.54 Å². The van der Waals surface area contributed by atoms with Gasteiger partial charge in [0, 0.05) is 63.9 Å². The summed E-state index contributed by atoms with van der Waals surface area (Å²) in [6.07, 6.45) is 8.52. The molecule has 0 spiro atoms. The van der Waals surface area contributed by atoms with Crippen molar-refractivity contribution in [2.45, 2.75) is 37.8 Å². The summed E-state index contributed by atoms with van der Waals surface area (Å²) in [7, 11) is 0. The molecule has 2 fully saturated rings. The molecule has 2 saturated heterocycles. The average Bonchev–Trinajstić information content (AvgIpc) is 2.75. The van der Waals surface area contributed by atoms with Crippen LogP contribution in [0.4, 0.5) is 0 Å². The first kappa shape index (κ1) is 18.6. The molecule has 144 valence electrons. The summed E-state index contributed by atoms with van der Waals surface area (Å²) in [6.45, 7) is 7.52. The van der Waals surface area contributed by atoms with Crippen LogP contribution in [-0.2, 0) is 17.7 Å². The van der Waals surface area contributed by atoms with Crippen LogP contribution in [0.15, 0.2) is 54.9 Å². The summed E-state index contributed by atoms with van der Waals surface area (Å²) < 4.78 is 5.72. The van der Waals surface area contributed by atoms with Gasteiger partial charge in [-0.05, 0) is 42.9 Å². The third-order valence-electron chi connectivity index (χ3n) is 6.32. The summed E-state index contributed by atoms with van der Waals surface area (Å²) in [5.41, 5.74) is 3.07. The Bertz CT molecular complexity index is 677. The van der Waals surface area contributed by atoms with E-state index in [1.54, 1.807) is 0 Å². The largest absolute Gasteiger partial charge is 0.381 e. The van der Waals surface area contributed by atoms with Gasteiger partial charge in [0.1, 0.15) is 0 Å². The Morgan fingerprint density at radius 2 is 1.63 bits per heavy atom. The molecule has 0 N–H and O–H groups in total. The summed E-state index contributed by atoms with van der Waals surface area (Å²) in [5, 5.41) is 0. The average molecular weight is 366 g/mol. The van der Waals surface area contributed by atoms with Crippen molar-refractivity contribution in [1.29, 1.82) is 0 Å². The molecule has 0 amide bonds. The van der Waals surface area contributed by atoms with Crippen molar-refractivity contribution in [3.63, 3.8) is 0 Å². The Labute approximate surface area is 163 Å². The Balaban J connectivity index is 1.36. The van der Waals surface area contributed by atoms with Crippen molar-refractivity contribution in [1.82, 2.24) is 14.8 Å². The van der Waals surface area contributed by atoms with Crippen molar-refractivity contribution in [2.75, 3.05) is 39.4 Å². The van der Waals surface area contributed by atoms with E-state index < -0.39 is 0 Å². The van der Waals surface area contributed by atoms with Gasteiger partial charge in [-0.25, -0.2) is 0 Å². The highest BCUT2D eigenvalue weighted by Gasteiger charge is 2.39. The number of benzene rings is 1. The summed E-state index contributed by atoms with van der Waals surface area (Å²) in [4.78, 5) is 9.66. The molecule has 0 aliphatic carbocycles. The van der Waals surface area contributed by atoms with Crippen LogP contribution in [-0.4, -0.2) is 59.7 Å². The van der Waals surface area contributed by atoms with Gasteiger partial charge < -0.3 is 4.74 Å². The second kappa shape index (κ2) is 8.96. The number of aromatic nitrogens is 1. The molecule has 0 unspecified atom stereocenters. The van der Waals surface area contributed by atoms with Gasteiger partial charge in [-0.1, -0.05) is 36.4 Å². The molecule has 3 heterocycles. The lowest BCUT2D eigenvalue weighted by Crippen LogP contribution is -2.59. The highest BCUT2D eigenvalue weighted by atomic mass is 16.5. The minimum atomic E-state index is 0.299. The van der Waals surface area contributed by atoms with Gasteiger partial charge in [-0.3, -0.25) is 14.8 Å². The maximum absolute atomic E-state index is 5.72. The smallest absolute Gasteiger partial charge is 0.0483 e. The number of aryl methyl sites for hydroxylation is 1. The lowest BCUT2D eigenvalue weighted by atomic mass is 9.82. The predicted octanol–water partition coefficient (Wildman–Crippen LogP) is 3.38. The van der Waals surface area contributed by atoms with Gasteiger partial charge in [-0.2, -0.15) is 0 Å². The summed E-state index contributed by atoms with van der Waals surface area (Å²) in [5.74, 6) is 0. The van der Waals surface area contributed by atoms with Crippen molar-refractivity contribution >= 4 is 0 Å². The number of nitrogens with zero attached hydrogens (tertiary/aromatic N) is 3. The molecule has 2 aliphatic rings. The van der Waals surface area contributed by atoms with Gasteiger partial charge >= 0.3 is 0 Å². The number of pyridine rings is 1. The molecule has 0 bridgehead atoms. The highest BCUT2D eigenvalue weighted by molar-refractivity contribution is 5.15. The normalized spacial score (nSPS) is 21.2. The third kappa shape index (κ3) is 4.75. The lowest BCUT2D eigenvalue weighted by molar-refractivity contribution is -0.0521. The molecule has 27 heavy (non-hydrogen) atoms. The number of hydrogen-bond donors (Lipinski definition) is 0. The molecular weight excluding hydrogens is 334 g/mol. The third-order valence-corrected chi connectivity index (χ3v) is 6.32. The zero-order valence-corrected chi connectivity index (χ0v) is 16.2. The van der Waals surface area contributed by atoms with Gasteiger partial charge in [0.15, 0.2) is 0 Å². The number of rotatable bonds is 6. The lowest BCUT2D eigenvalue weighted by Gasteiger charge is -2.50. The molecule has 4 heteroatoms. The van der Waals surface area contributed by atoms with E-state index in [9.17, 15) is 0 Å². The van der Waals surface area contributed by atoms with Crippen LogP contribution < -0.4 is 0 Å². The first-order valence-corrected chi connectivity index (χ1v) is 10.3. The number of ether oxygens (including phenoxy) is 1. The fourth-order valence-electron chi connectivity index (χ4n) is 4.62. The Kier molecular flexibility index (Phi) is 6.17. The van der Waals surface area contributed by atoms with E-state index in [4.69, 9.17) is 4.74 Å². The second-order valence-electron chi connectivity index (χ2n) is 7.95. The summed E-state index contributed by atoms with van der Waals surface area (Å²) >= 11 is 0. The monoisotopic (exact) mass is 365 g/mol. The van der Waals surface area contributed by atoms with Crippen molar-refractivity contribution < 1.29 is 4.74 Å². The number of hydrogen-bond acceptors (Lipinski definition) is 4. The van der Waals surface area contributed by atoms with Gasteiger partial charge in [0.05, 0.1) is 0 Å². The molecular formula is C23H31N3O. The van der Waals surface area contributed by atoms with Crippen LogP contribution in [0.1, 0.15) is 30.4 Å². The predicted molar refractivity (Wildman–Crippen MR) is 109 cm³/mol. The zero-order valence-electron chi connectivity index (χ0n) is 16.2. The minimum Gasteiger partial charge on any atom is -0.381 e. The van der Waals surface area contributed by atoms with Gasteiger partial charge in [-0.15, -0.1) is 0 Å². The Morgan fingerprint density at radius 1 is 0.889 bits per heavy atom. The first-order chi connectivity index (χ1) is 13.3. The van der Waals surface area contributed by atoms with Crippen LogP contribution in [0.3, 0.4) is 0 Å². The zero-order chi connectivity index (χ0) is 18.4.